The van der Waals surface area contributed by atoms with Crippen molar-refractivity contribution in [2.45, 2.75) is 65.8 Å². The SMILES string of the molecule is CC(C)CC(=O)O[C@H]1c2c(ccc3ccc(=O)oc23)OC(C)(C)[C@H]1OC(=O)C(C)C. The van der Waals surface area contributed by atoms with Gasteiger partial charge in [0.1, 0.15) is 16.9 Å². The van der Waals surface area contributed by atoms with Crippen molar-refractivity contribution in [1.82, 2.24) is 0 Å². The minimum atomic E-state index is -0.983. The summed E-state index contributed by atoms with van der Waals surface area (Å²) < 4.78 is 23.2. The number of esters is 2. The van der Waals surface area contributed by atoms with Gasteiger partial charge in [-0.05, 0) is 38.0 Å². The van der Waals surface area contributed by atoms with E-state index in [4.69, 9.17) is 18.6 Å². The first-order valence-electron chi connectivity index (χ1n) is 10.2. The molecule has 0 bridgehead atoms. The average Bonchev–Trinajstić information content (AvgIpc) is 2.62. The lowest BCUT2D eigenvalue weighted by atomic mass is 9.87. The summed E-state index contributed by atoms with van der Waals surface area (Å²) >= 11 is 0. The molecule has 1 aliphatic heterocycles. The normalized spacial score (nSPS) is 20.0. The third kappa shape index (κ3) is 4.35. The van der Waals surface area contributed by atoms with E-state index in [1.54, 1.807) is 45.9 Å². The van der Waals surface area contributed by atoms with E-state index in [-0.39, 0.29) is 23.8 Å². The second kappa shape index (κ2) is 8.13. The minimum Gasteiger partial charge on any atom is -0.483 e. The van der Waals surface area contributed by atoms with Crippen molar-refractivity contribution in [3.8, 4) is 5.75 Å². The van der Waals surface area contributed by atoms with E-state index in [2.05, 4.69) is 0 Å². The van der Waals surface area contributed by atoms with Gasteiger partial charge in [0.15, 0.2) is 12.2 Å². The van der Waals surface area contributed by atoms with Gasteiger partial charge in [0, 0.05) is 17.9 Å². The molecular weight excluding hydrogens is 388 g/mol. The molecule has 2 atom stereocenters. The van der Waals surface area contributed by atoms with Crippen LogP contribution < -0.4 is 10.4 Å². The molecule has 7 nitrogen and oxygen atoms in total. The van der Waals surface area contributed by atoms with Crippen molar-refractivity contribution < 1.29 is 28.2 Å². The lowest BCUT2D eigenvalue weighted by Gasteiger charge is -2.43. The summed E-state index contributed by atoms with van der Waals surface area (Å²) in [5, 5.41) is 0.649. The number of ether oxygens (including phenoxy) is 3. The number of hydrogen-bond donors (Lipinski definition) is 0. The summed E-state index contributed by atoms with van der Waals surface area (Å²) in [5.74, 6) is -0.737. The largest absolute Gasteiger partial charge is 0.483 e. The van der Waals surface area contributed by atoms with Crippen LogP contribution in [-0.2, 0) is 19.1 Å². The Kier molecular flexibility index (Phi) is 5.92. The fourth-order valence-corrected chi connectivity index (χ4v) is 3.46. The molecule has 30 heavy (non-hydrogen) atoms. The summed E-state index contributed by atoms with van der Waals surface area (Å²) in [5.41, 5.74) is -0.876. The van der Waals surface area contributed by atoms with E-state index < -0.39 is 35.4 Å². The van der Waals surface area contributed by atoms with E-state index >= 15 is 0 Å². The fourth-order valence-electron chi connectivity index (χ4n) is 3.46. The van der Waals surface area contributed by atoms with Crippen molar-refractivity contribution in [2.75, 3.05) is 0 Å². The number of carbonyl (C=O) groups is 2. The summed E-state index contributed by atoms with van der Waals surface area (Å²) in [6.45, 7) is 10.8. The molecule has 162 valence electrons. The minimum absolute atomic E-state index is 0.0898. The van der Waals surface area contributed by atoms with Gasteiger partial charge >= 0.3 is 17.6 Å². The van der Waals surface area contributed by atoms with E-state index in [1.165, 1.54) is 6.07 Å². The van der Waals surface area contributed by atoms with Gasteiger partial charge in [0.05, 0.1) is 11.5 Å². The van der Waals surface area contributed by atoms with Gasteiger partial charge in [-0.3, -0.25) is 9.59 Å². The molecule has 0 unspecified atom stereocenters. The second-order valence-electron chi connectivity index (χ2n) is 8.88. The van der Waals surface area contributed by atoms with Crippen LogP contribution in [0.5, 0.6) is 5.75 Å². The Hall–Kier alpha value is -2.83. The van der Waals surface area contributed by atoms with Gasteiger partial charge in [0.25, 0.3) is 0 Å². The van der Waals surface area contributed by atoms with Crippen LogP contribution in [0, 0.1) is 11.8 Å². The van der Waals surface area contributed by atoms with Crippen LogP contribution in [0.1, 0.15) is 59.6 Å². The predicted octanol–water partition coefficient (Wildman–Crippen LogP) is 4.16. The van der Waals surface area contributed by atoms with Crippen molar-refractivity contribution in [1.29, 1.82) is 0 Å². The molecule has 0 aliphatic carbocycles. The first-order chi connectivity index (χ1) is 14.0. The van der Waals surface area contributed by atoms with Crippen LogP contribution in [0.15, 0.2) is 33.5 Å². The Labute approximate surface area is 175 Å². The van der Waals surface area contributed by atoms with E-state index in [9.17, 15) is 14.4 Å². The smallest absolute Gasteiger partial charge is 0.336 e. The molecule has 1 aromatic heterocycles. The van der Waals surface area contributed by atoms with Crippen molar-refractivity contribution in [3.63, 3.8) is 0 Å². The Morgan fingerprint density at radius 2 is 1.73 bits per heavy atom. The first-order valence-corrected chi connectivity index (χ1v) is 10.2. The van der Waals surface area contributed by atoms with Gasteiger partial charge in [-0.1, -0.05) is 27.7 Å². The molecule has 0 N–H and O–H groups in total. The molecule has 0 fully saturated rings. The standard InChI is InChI=1S/C23H28O7/c1-12(2)11-17(25)28-20-18-15(9-7-14-8-10-16(24)27-19(14)18)30-23(5,6)21(20)29-22(26)13(3)4/h7-10,12-13,20-21H,11H2,1-6H3/t20-,21-/m0/s1. The van der Waals surface area contributed by atoms with Crippen molar-refractivity contribution in [3.05, 3.63) is 40.2 Å². The summed E-state index contributed by atoms with van der Waals surface area (Å²) in [6, 6.07) is 6.45. The first kappa shape index (κ1) is 21.9. The van der Waals surface area contributed by atoms with E-state index in [0.29, 0.717) is 16.7 Å². The van der Waals surface area contributed by atoms with E-state index in [1.807, 2.05) is 13.8 Å². The maximum Gasteiger partial charge on any atom is 0.336 e. The number of hydrogen-bond acceptors (Lipinski definition) is 7. The maximum atomic E-state index is 12.6. The Balaban J connectivity index is 2.18. The highest BCUT2D eigenvalue weighted by Gasteiger charge is 2.50. The maximum absolute atomic E-state index is 12.6. The van der Waals surface area contributed by atoms with Crippen LogP contribution in [0.3, 0.4) is 0 Å². The Morgan fingerprint density at radius 1 is 1.07 bits per heavy atom. The van der Waals surface area contributed by atoms with Crippen LogP contribution in [0.25, 0.3) is 11.0 Å². The number of rotatable bonds is 5. The highest BCUT2D eigenvalue weighted by Crippen LogP contribution is 2.46. The lowest BCUT2D eigenvalue weighted by molar-refractivity contribution is -0.193. The zero-order valence-electron chi connectivity index (χ0n) is 18.2. The highest BCUT2D eigenvalue weighted by molar-refractivity contribution is 5.84. The quantitative estimate of drug-likeness (QED) is 0.534. The zero-order valence-corrected chi connectivity index (χ0v) is 18.2. The molecule has 0 saturated carbocycles. The molecule has 0 radical (unpaired) electrons. The highest BCUT2D eigenvalue weighted by atomic mass is 16.6. The van der Waals surface area contributed by atoms with E-state index in [0.717, 1.165) is 0 Å². The summed E-state index contributed by atoms with van der Waals surface area (Å²) in [7, 11) is 0. The Bertz CT molecular complexity index is 1020. The van der Waals surface area contributed by atoms with Gasteiger partial charge in [0.2, 0.25) is 0 Å². The topological polar surface area (TPSA) is 92.0 Å². The molecular formula is C23H28O7. The third-order valence-corrected chi connectivity index (χ3v) is 4.95. The van der Waals surface area contributed by atoms with Crippen LogP contribution in [-0.4, -0.2) is 23.6 Å². The van der Waals surface area contributed by atoms with Crippen LogP contribution >= 0.6 is 0 Å². The zero-order chi connectivity index (χ0) is 22.2. The van der Waals surface area contributed by atoms with Crippen molar-refractivity contribution in [2.24, 2.45) is 11.8 Å². The average molecular weight is 416 g/mol. The molecule has 2 aromatic rings. The summed E-state index contributed by atoms with van der Waals surface area (Å²) in [6.07, 6.45) is -1.70. The molecule has 3 rings (SSSR count). The number of carbonyl (C=O) groups excluding carboxylic acids is 2. The molecule has 2 heterocycles. The third-order valence-electron chi connectivity index (χ3n) is 4.95. The van der Waals surface area contributed by atoms with Gasteiger partial charge < -0.3 is 18.6 Å². The molecule has 7 heteroatoms. The fraction of sp³-hybridized carbons (Fsp3) is 0.522. The predicted molar refractivity (Wildman–Crippen MR) is 110 cm³/mol. The van der Waals surface area contributed by atoms with Crippen LogP contribution in [0.2, 0.25) is 0 Å². The van der Waals surface area contributed by atoms with Gasteiger partial charge in [-0.2, -0.15) is 0 Å². The second-order valence-corrected chi connectivity index (χ2v) is 8.88. The number of benzene rings is 1. The van der Waals surface area contributed by atoms with Gasteiger partial charge in [-0.15, -0.1) is 0 Å². The number of fused-ring (bicyclic) bond motifs is 3. The monoisotopic (exact) mass is 416 g/mol. The molecule has 0 spiro atoms. The van der Waals surface area contributed by atoms with Crippen LogP contribution in [0.4, 0.5) is 0 Å². The van der Waals surface area contributed by atoms with Crippen molar-refractivity contribution >= 4 is 22.9 Å². The Morgan fingerprint density at radius 3 is 2.37 bits per heavy atom. The molecule has 0 saturated heterocycles. The molecule has 0 amide bonds. The summed E-state index contributed by atoms with van der Waals surface area (Å²) in [4.78, 5) is 37.0. The molecule has 1 aromatic carbocycles. The molecule has 1 aliphatic rings. The lowest BCUT2D eigenvalue weighted by Crippen LogP contribution is -2.52. The van der Waals surface area contributed by atoms with Gasteiger partial charge in [-0.25, -0.2) is 4.79 Å².